The molecule has 0 bridgehead atoms. The molecule has 0 unspecified atom stereocenters. The largest absolute Gasteiger partial charge is 0.478 e. The third-order valence-electron chi connectivity index (χ3n) is 2.76. The molecule has 0 saturated carbocycles. The van der Waals surface area contributed by atoms with Gasteiger partial charge in [0.25, 0.3) is 0 Å². The lowest BCUT2D eigenvalue weighted by Crippen LogP contribution is -2.00. The Morgan fingerprint density at radius 2 is 1.50 bits per heavy atom. The number of hydrogen-bond acceptors (Lipinski definition) is 2. The molecule has 0 spiro atoms. The van der Waals surface area contributed by atoms with Crippen molar-refractivity contribution in [2.45, 2.75) is 0 Å². The van der Waals surface area contributed by atoms with Crippen LogP contribution in [-0.2, 0) is 4.79 Å². The highest BCUT2D eigenvalue weighted by atomic mass is 16.4. The summed E-state index contributed by atoms with van der Waals surface area (Å²) >= 11 is 0. The fraction of sp³-hybridized carbons (Fsp3) is 0. The van der Waals surface area contributed by atoms with Crippen molar-refractivity contribution in [1.29, 1.82) is 0 Å². The lowest BCUT2D eigenvalue weighted by Gasteiger charge is -2.03. The van der Waals surface area contributed by atoms with Gasteiger partial charge in [0.15, 0.2) is 0 Å². The zero-order valence-corrected chi connectivity index (χ0v) is 10.5. The van der Waals surface area contributed by atoms with Crippen molar-refractivity contribution < 1.29 is 19.8 Å². The molecule has 20 heavy (non-hydrogen) atoms. The van der Waals surface area contributed by atoms with Gasteiger partial charge in [-0.05, 0) is 29.3 Å². The zero-order valence-electron chi connectivity index (χ0n) is 10.5. The fourth-order valence-electron chi connectivity index (χ4n) is 1.81. The molecule has 0 amide bonds. The molecule has 0 aliphatic carbocycles. The number of carboxylic acid groups (broad SMARTS) is 2. The van der Waals surface area contributed by atoms with E-state index in [2.05, 4.69) is 0 Å². The smallest absolute Gasteiger partial charge is 0.336 e. The normalized spacial score (nSPS) is 11.1. The minimum absolute atomic E-state index is 0.119. The summed E-state index contributed by atoms with van der Waals surface area (Å²) in [5.74, 6) is -2.10. The van der Waals surface area contributed by atoms with Crippen LogP contribution in [0, 0.1) is 0 Å². The van der Waals surface area contributed by atoms with Crippen LogP contribution in [0.3, 0.4) is 0 Å². The molecule has 4 nitrogen and oxygen atoms in total. The molecule has 0 aromatic heterocycles. The van der Waals surface area contributed by atoms with E-state index in [1.807, 2.05) is 0 Å². The van der Waals surface area contributed by atoms with Crippen LogP contribution in [0.4, 0.5) is 0 Å². The third-order valence-corrected chi connectivity index (χ3v) is 2.76. The van der Waals surface area contributed by atoms with Crippen molar-refractivity contribution in [3.05, 3.63) is 71.3 Å². The van der Waals surface area contributed by atoms with Crippen molar-refractivity contribution in [2.75, 3.05) is 0 Å². The van der Waals surface area contributed by atoms with Gasteiger partial charge in [0.05, 0.1) is 11.1 Å². The number of aromatic carboxylic acids is 1. The Kier molecular flexibility index (Phi) is 3.96. The van der Waals surface area contributed by atoms with Crippen LogP contribution in [0.15, 0.2) is 54.6 Å². The van der Waals surface area contributed by atoms with Crippen molar-refractivity contribution in [1.82, 2.24) is 0 Å². The number of carbonyl (C=O) groups is 2. The zero-order chi connectivity index (χ0) is 14.5. The number of carboxylic acids is 2. The second-order valence-electron chi connectivity index (χ2n) is 4.16. The van der Waals surface area contributed by atoms with Gasteiger partial charge in [-0.1, -0.05) is 42.5 Å². The molecule has 0 radical (unpaired) electrons. The molecule has 0 saturated heterocycles. The van der Waals surface area contributed by atoms with Crippen LogP contribution in [0.2, 0.25) is 0 Å². The standard InChI is InChI=1S/C16H12O4/c17-15(18)13-8-4-5-11(9-13)10-14(16(19)20)12-6-2-1-3-7-12/h1-10H,(H,17,18)(H,19,20)/b14-10-. The Bertz CT molecular complexity index is 672. The predicted octanol–water partition coefficient (Wildman–Crippen LogP) is 3.01. The molecule has 0 atom stereocenters. The Hall–Kier alpha value is -2.88. The first kappa shape index (κ1) is 13.5. The van der Waals surface area contributed by atoms with Gasteiger partial charge in [-0.15, -0.1) is 0 Å². The molecule has 0 aliphatic rings. The molecule has 100 valence electrons. The highest BCUT2D eigenvalue weighted by Gasteiger charge is 2.10. The monoisotopic (exact) mass is 268 g/mol. The van der Waals surface area contributed by atoms with Crippen LogP contribution in [-0.4, -0.2) is 22.2 Å². The van der Waals surface area contributed by atoms with Crippen LogP contribution < -0.4 is 0 Å². The lowest BCUT2D eigenvalue weighted by atomic mass is 10.0. The maximum atomic E-state index is 11.3. The summed E-state index contributed by atoms with van der Waals surface area (Å²) in [5, 5.41) is 18.2. The van der Waals surface area contributed by atoms with Crippen LogP contribution >= 0.6 is 0 Å². The van der Waals surface area contributed by atoms with Gasteiger partial charge in [-0.2, -0.15) is 0 Å². The van der Waals surface area contributed by atoms with Gasteiger partial charge >= 0.3 is 11.9 Å². The molecule has 0 heterocycles. The predicted molar refractivity (Wildman–Crippen MR) is 75.4 cm³/mol. The van der Waals surface area contributed by atoms with Gasteiger partial charge in [0.2, 0.25) is 0 Å². The average Bonchev–Trinajstić information content (AvgIpc) is 2.45. The topological polar surface area (TPSA) is 74.6 Å². The molecular formula is C16H12O4. The highest BCUT2D eigenvalue weighted by Crippen LogP contribution is 2.19. The van der Waals surface area contributed by atoms with Crippen molar-refractivity contribution in [2.24, 2.45) is 0 Å². The summed E-state index contributed by atoms with van der Waals surface area (Å²) < 4.78 is 0. The van der Waals surface area contributed by atoms with Crippen LogP contribution in [0.25, 0.3) is 11.6 Å². The quantitative estimate of drug-likeness (QED) is 0.660. The fourth-order valence-corrected chi connectivity index (χ4v) is 1.81. The van der Waals surface area contributed by atoms with E-state index in [1.165, 1.54) is 18.2 Å². The van der Waals surface area contributed by atoms with E-state index >= 15 is 0 Å². The van der Waals surface area contributed by atoms with Crippen molar-refractivity contribution in [3.63, 3.8) is 0 Å². The van der Waals surface area contributed by atoms with E-state index < -0.39 is 11.9 Å². The van der Waals surface area contributed by atoms with Crippen LogP contribution in [0.5, 0.6) is 0 Å². The summed E-state index contributed by atoms with van der Waals surface area (Å²) in [5.41, 5.74) is 1.34. The minimum atomic E-state index is -1.06. The summed E-state index contributed by atoms with van der Waals surface area (Å²) in [6, 6.07) is 14.8. The van der Waals surface area contributed by atoms with E-state index in [4.69, 9.17) is 5.11 Å². The first-order valence-corrected chi connectivity index (χ1v) is 5.91. The van der Waals surface area contributed by atoms with Crippen LogP contribution in [0.1, 0.15) is 21.5 Å². The Balaban J connectivity index is 2.47. The Morgan fingerprint density at radius 1 is 0.850 bits per heavy atom. The second kappa shape index (κ2) is 5.84. The van der Waals surface area contributed by atoms with Gasteiger partial charge in [0, 0.05) is 0 Å². The number of benzene rings is 2. The summed E-state index contributed by atoms with van der Waals surface area (Å²) in [7, 11) is 0. The van der Waals surface area contributed by atoms with Gasteiger partial charge < -0.3 is 10.2 Å². The maximum Gasteiger partial charge on any atom is 0.336 e. The number of aliphatic carboxylic acids is 1. The summed E-state index contributed by atoms with van der Waals surface area (Å²) in [6.07, 6.45) is 1.46. The van der Waals surface area contributed by atoms with Crippen molar-refractivity contribution in [3.8, 4) is 0 Å². The minimum Gasteiger partial charge on any atom is -0.478 e. The van der Waals surface area contributed by atoms with Gasteiger partial charge in [0.1, 0.15) is 0 Å². The van der Waals surface area contributed by atoms with E-state index in [1.54, 1.807) is 42.5 Å². The molecule has 4 heteroatoms. The van der Waals surface area contributed by atoms with E-state index in [-0.39, 0.29) is 11.1 Å². The number of hydrogen-bond donors (Lipinski definition) is 2. The third kappa shape index (κ3) is 3.11. The maximum absolute atomic E-state index is 11.3. The molecule has 2 rings (SSSR count). The second-order valence-corrected chi connectivity index (χ2v) is 4.16. The molecule has 2 aromatic rings. The molecular weight excluding hydrogens is 256 g/mol. The molecule has 0 fully saturated rings. The SMILES string of the molecule is O=C(O)/C(=C\c1cccc(C(=O)O)c1)c1ccccc1. The Labute approximate surface area is 115 Å². The lowest BCUT2D eigenvalue weighted by molar-refractivity contribution is -0.130. The Morgan fingerprint density at radius 3 is 2.10 bits per heavy atom. The molecule has 0 aliphatic heterocycles. The van der Waals surface area contributed by atoms with Crippen molar-refractivity contribution >= 4 is 23.6 Å². The molecule has 2 aromatic carbocycles. The van der Waals surface area contributed by atoms with E-state index in [0.717, 1.165) is 0 Å². The van der Waals surface area contributed by atoms with Gasteiger partial charge in [-0.25, -0.2) is 9.59 Å². The van der Waals surface area contributed by atoms with Gasteiger partial charge in [-0.3, -0.25) is 0 Å². The first-order chi connectivity index (χ1) is 9.58. The number of rotatable bonds is 4. The first-order valence-electron chi connectivity index (χ1n) is 5.91. The average molecular weight is 268 g/mol. The van der Waals surface area contributed by atoms with E-state index in [0.29, 0.717) is 11.1 Å². The molecule has 2 N–H and O–H groups in total. The highest BCUT2D eigenvalue weighted by molar-refractivity contribution is 6.20. The summed E-state index contributed by atoms with van der Waals surface area (Å²) in [6.45, 7) is 0. The summed E-state index contributed by atoms with van der Waals surface area (Å²) in [4.78, 5) is 22.2. The van der Waals surface area contributed by atoms with E-state index in [9.17, 15) is 14.7 Å².